The Morgan fingerprint density at radius 1 is 1.30 bits per heavy atom. The zero-order chi connectivity index (χ0) is 15.2. The summed E-state index contributed by atoms with van der Waals surface area (Å²) in [4.78, 5) is 0. The quantitative estimate of drug-likeness (QED) is 0.871. The molecule has 1 saturated carbocycles. The number of nitrogens with one attached hydrogen (secondary N) is 1. The topological polar surface area (TPSA) is 38.0 Å². The standard InChI is InChI=1S/C14H18ClF3N2/c1-12(3-4-12)13(2,8-19)20-11-6-9(14(16,17)18)5-10(15)7-11/h5-7,20H,3-4,8,19H2,1-2H3. The van der Waals surface area contributed by atoms with Crippen molar-refractivity contribution in [2.45, 2.75) is 38.4 Å². The van der Waals surface area contributed by atoms with E-state index >= 15 is 0 Å². The van der Waals surface area contributed by atoms with Crippen LogP contribution < -0.4 is 11.1 Å². The molecular weight excluding hydrogens is 289 g/mol. The van der Waals surface area contributed by atoms with Crippen LogP contribution in [0.2, 0.25) is 5.02 Å². The average Bonchev–Trinajstić information content (AvgIpc) is 3.07. The lowest BCUT2D eigenvalue weighted by Crippen LogP contribution is -2.49. The summed E-state index contributed by atoms with van der Waals surface area (Å²) in [5, 5.41) is 3.21. The Kier molecular flexibility index (Phi) is 3.71. The van der Waals surface area contributed by atoms with Gasteiger partial charge in [0.25, 0.3) is 0 Å². The molecule has 1 aromatic carbocycles. The van der Waals surface area contributed by atoms with E-state index in [0.717, 1.165) is 25.0 Å². The number of hydrogen-bond donors (Lipinski definition) is 2. The molecule has 0 bridgehead atoms. The molecule has 1 fully saturated rings. The summed E-state index contributed by atoms with van der Waals surface area (Å²) >= 11 is 5.79. The number of anilines is 1. The zero-order valence-corrected chi connectivity index (χ0v) is 12.2. The van der Waals surface area contributed by atoms with E-state index in [1.807, 2.05) is 6.92 Å². The van der Waals surface area contributed by atoms with E-state index < -0.39 is 17.3 Å². The van der Waals surface area contributed by atoms with E-state index in [1.165, 1.54) is 6.07 Å². The van der Waals surface area contributed by atoms with Gasteiger partial charge in [-0.3, -0.25) is 0 Å². The van der Waals surface area contributed by atoms with Gasteiger partial charge in [0, 0.05) is 17.3 Å². The first-order valence-corrected chi connectivity index (χ1v) is 6.83. The SMILES string of the molecule is CC1(C(C)(CN)Nc2cc(Cl)cc(C(F)(F)F)c2)CC1. The van der Waals surface area contributed by atoms with Crippen molar-refractivity contribution in [3.8, 4) is 0 Å². The van der Waals surface area contributed by atoms with Gasteiger partial charge in [-0.05, 0) is 43.4 Å². The molecule has 1 unspecified atom stereocenters. The van der Waals surface area contributed by atoms with Gasteiger partial charge in [-0.25, -0.2) is 0 Å². The van der Waals surface area contributed by atoms with Crippen LogP contribution in [-0.4, -0.2) is 12.1 Å². The Hall–Kier alpha value is -0.940. The fraction of sp³-hybridized carbons (Fsp3) is 0.571. The Bertz CT molecular complexity index is 512. The molecule has 0 amide bonds. The Morgan fingerprint density at radius 2 is 1.90 bits per heavy atom. The minimum atomic E-state index is -4.41. The number of benzene rings is 1. The van der Waals surface area contributed by atoms with Crippen LogP contribution in [0.5, 0.6) is 0 Å². The van der Waals surface area contributed by atoms with Gasteiger partial charge >= 0.3 is 6.18 Å². The van der Waals surface area contributed by atoms with E-state index in [2.05, 4.69) is 12.2 Å². The van der Waals surface area contributed by atoms with Gasteiger partial charge in [-0.2, -0.15) is 13.2 Å². The summed E-state index contributed by atoms with van der Waals surface area (Å²) in [6, 6.07) is 3.49. The van der Waals surface area contributed by atoms with Gasteiger partial charge in [0.1, 0.15) is 0 Å². The molecule has 0 spiro atoms. The maximum absolute atomic E-state index is 12.8. The zero-order valence-electron chi connectivity index (χ0n) is 11.4. The van der Waals surface area contributed by atoms with Gasteiger partial charge in [-0.15, -0.1) is 0 Å². The first-order valence-electron chi connectivity index (χ1n) is 6.46. The van der Waals surface area contributed by atoms with Gasteiger partial charge in [0.2, 0.25) is 0 Å². The first-order chi connectivity index (χ1) is 9.10. The van der Waals surface area contributed by atoms with Crippen molar-refractivity contribution in [1.82, 2.24) is 0 Å². The van der Waals surface area contributed by atoms with Crippen LogP contribution in [0.15, 0.2) is 18.2 Å². The minimum Gasteiger partial charge on any atom is -0.378 e. The predicted octanol–water partition coefficient (Wildman–Crippen LogP) is 4.29. The third kappa shape index (κ3) is 2.88. The second kappa shape index (κ2) is 4.81. The van der Waals surface area contributed by atoms with Crippen LogP contribution in [0.4, 0.5) is 18.9 Å². The van der Waals surface area contributed by atoms with E-state index in [1.54, 1.807) is 0 Å². The number of rotatable bonds is 4. The van der Waals surface area contributed by atoms with E-state index in [9.17, 15) is 13.2 Å². The van der Waals surface area contributed by atoms with Gasteiger partial charge in [0.05, 0.1) is 11.1 Å². The van der Waals surface area contributed by atoms with Crippen LogP contribution in [0.25, 0.3) is 0 Å². The van der Waals surface area contributed by atoms with Crippen LogP contribution in [0, 0.1) is 5.41 Å². The normalized spacial score (nSPS) is 20.4. The van der Waals surface area contributed by atoms with Crippen molar-refractivity contribution >= 4 is 17.3 Å². The number of alkyl halides is 3. The third-order valence-corrected chi connectivity index (χ3v) is 4.60. The maximum atomic E-state index is 12.8. The largest absolute Gasteiger partial charge is 0.416 e. The highest BCUT2D eigenvalue weighted by Gasteiger charge is 2.52. The maximum Gasteiger partial charge on any atom is 0.416 e. The summed E-state index contributed by atoms with van der Waals surface area (Å²) in [6.07, 6.45) is -2.38. The van der Waals surface area contributed by atoms with Gasteiger partial charge in [-0.1, -0.05) is 18.5 Å². The summed E-state index contributed by atoms with van der Waals surface area (Å²) in [5.41, 5.74) is 4.99. The van der Waals surface area contributed by atoms with E-state index in [4.69, 9.17) is 17.3 Å². The molecule has 0 heterocycles. The summed E-state index contributed by atoms with van der Waals surface area (Å²) in [5.74, 6) is 0. The molecule has 2 rings (SSSR count). The average molecular weight is 307 g/mol. The molecular formula is C14H18ClF3N2. The first kappa shape index (κ1) is 15.4. The lowest BCUT2D eigenvalue weighted by molar-refractivity contribution is -0.137. The second-order valence-corrected chi connectivity index (χ2v) is 6.38. The fourth-order valence-corrected chi connectivity index (χ4v) is 2.57. The van der Waals surface area contributed by atoms with Crippen LogP contribution in [0.3, 0.4) is 0 Å². The lowest BCUT2D eigenvalue weighted by Gasteiger charge is -2.37. The fourth-order valence-electron chi connectivity index (χ4n) is 2.33. The molecule has 0 aliphatic heterocycles. The molecule has 1 aliphatic carbocycles. The molecule has 2 nitrogen and oxygen atoms in total. The molecule has 1 atom stereocenters. The van der Waals surface area contributed by atoms with Crippen molar-refractivity contribution in [3.05, 3.63) is 28.8 Å². The van der Waals surface area contributed by atoms with Crippen molar-refractivity contribution in [3.63, 3.8) is 0 Å². The molecule has 0 radical (unpaired) electrons. The van der Waals surface area contributed by atoms with Gasteiger partial charge < -0.3 is 11.1 Å². The molecule has 1 aliphatic rings. The summed E-state index contributed by atoms with van der Waals surface area (Å²) in [6.45, 7) is 4.37. The highest BCUT2D eigenvalue weighted by molar-refractivity contribution is 6.30. The monoisotopic (exact) mass is 306 g/mol. The van der Waals surface area contributed by atoms with E-state index in [-0.39, 0.29) is 10.4 Å². The number of halogens is 4. The predicted molar refractivity (Wildman–Crippen MR) is 74.9 cm³/mol. The highest BCUT2D eigenvalue weighted by atomic mass is 35.5. The number of hydrogen-bond acceptors (Lipinski definition) is 2. The van der Waals surface area contributed by atoms with Crippen molar-refractivity contribution in [2.75, 3.05) is 11.9 Å². The van der Waals surface area contributed by atoms with Crippen molar-refractivity contribution in [2.24, 2.45) is 11.1 Å². The van der Waals surface area contributed by atoms with E-state index in [0.29, 0.717) is 12.2 Å². The molecule has 0 saturated heterocycles. The molecule has 1 aromatic rings. The van der Waals surface area contributed by atoms with Crippen molar-refractivity contribution < 1.29 is 13.2 Å². The Labute approximate surface area is 121 Å². The molecule has 20 heavy (non-hydrogen) atoms. The third-order valence-electron chi connectivity index (χ3n) is 4.39. The number of nitrogens with two attached hydrogens (primary N) is 1. The highest BCUT2D eigenvalue weighted by Crippen LogP contribution is 2.54. The van der Waals surface area contributed by atoms with Crippen LogP contribution in [-0.2, 0) is 6.18 Å². The lowest BCUT2D eigenvalue weighted by atomic mass is 9.83. The molecule has 0 aromatic heterocycles. The van der Waals surface area contributed by atoms with Gasteiger partial charge in [0.15, 0.2) is 0 Å². The Balaban J connectivity index is 2.32. The Morgan fingerprint density at radius 3 is 2.35 bits per heavy atom. The minimum absolute atomic E-state index is 0.0163. The van der Waals surface area contributed by atoms with Crippen LogP contribution >= 0.6 is 11.6 Å². The van der Waals surface area contributed by atoms with Crippen LogP contribution in [0.1, 0.15) is 32.3 Å². The molecule has 3 N–H and O–H groups in total. The summed E-state index contributed by atoms with van der Waals surface area (Å²) in [7, 11) is 0. The smallest absolute Gasteiger partial charge is 0.378 e. The summed E-state index contributed by atoms with van der Waals surface area (Å²) < 4.78 is 38.4. The molecule has 112 valence electrons. The second-order valence-electron chi connectivity index (χ2n) is 5.95. The van der Waals surface area contributed by atoms with Crippen molar-refractivity contribution in [1.29, 1.82) is 0 Å². The molecule has 6 heteroatoms.